The predicted octanol–water partition coefficient (Wildman–Crippen LogP) is 9.08. The van der Waals surface area contributed by atoms with Gasteiger partial charge in [0.25, 0.3) is 0 Å². The summed E-state index contributed by atoms with van der Waals surface area (Å²) in [6.45, 7) is 4.44. The molecule has 0 aliphatic heterocycles. The van der Waals surface area contributed by atoms with Crippen LogP contribution in [-0.2, 0) is 0 Å². The highest BCUT2D eigenvalue weighted by atomic mass is 16.3. The smallest absolute Gasteiger partial charge is 0.0540 e. The minimum absolute atomic E-state index is 0.0518. The second-order valence-corrected chi connectivity index (χ2v) is 8.20. The maximum atomic E-state index is 10.1. The summed E-state index contributed by atoms with van der Waals surface area (Å²) in [6, 6.07) is 0. The quantitative estimate of drug-likeness (QED) is 0.153. The number of allylic oxidation sites excluding steroid dienone is 6. The van der Waals surface area contributed by atoms with Gasteiger partial charge in [-0.15, -0.1) is 0 Å². The van der Waals surface area contributed by atoms with E-state index in [0.29, 0.717) is 0 Å². The second kappa shape index (κ2) is 24.2. The average Bonchev–Trinajstić information content (AvgIpc) is 2.70. The van der Waals surface area contributed by atoms with Gasteiger partial charge in [0, 0.05) is 0 Å². The summed E-state index contributed by atoms with van der Waals surface area (Å²) < 4.78 is 0. The van der Waals surface area contributed by atoms with Crippen molar-refractivity contribution in [2.24, 2.45) is 0 Å². The lowest BCUT2D eigenvalue weighted by molar-refractivity contribution is 0.147. The van der Waals surface area contributed by atoms with E-state index in [1.165, 1.54) is 83.5 Å². The monoisotopic (exact) mass is 390 g/mol. The van der Waals surface area contributed by atoms with Crippen LogP contribution in [0.1, 0.15) is 129 Å². The summed E-state index contributed by atoms with van der Waals surface area (Å²) in [7, 11) is 0. The van der Waals surface area contributed by atoms with E-state index in [2.05, 4.69) is 50.3 Å². The molecule has 0 aromatic heterocycles. The maximum absolute atomic E-state index is 10.1. The zero-order chi connectivity index (χ0) is 20.5. The van der Waals surface area contributed by atoms with Crippen molar-refractivity contribution in [2.45, 2.75) is 136 Å². The van der Waals surface area contributed by atoms with Gasteiger partial charge in [0.15, 0.2) is 0 Å². The summed E-state index contributed by atoms with van der Waals surface area (Å²) in [4.78, 5) is 0. The molecule has 1 atom stereocenters. The van der Waals surface area contributed by atoms with Crippen molar-refractivity contribution in [1.29, 1.82) is 0 Å². The first-order chi connectivity index (χ1) is 13.8. The number of hydrogen-bond acceptors (Lipinski definition) is 1. The van der Waals surface area contributed by atoms with Gasteiger partial charge in [0.2, 0.25) is 0 Å². The largest absolute Gasteiger partial charge is 0.393 e. The van der Waals surface area contributed by atoms with Gasteiger partial charge in [-0.1, -0.05) is 121 Å². The van der Waals surface area contributed by atoms with E-state index in [9.17, 15) is 5.11 Å². The van der Waals surface area contributed by atoms with Crippen LogP contribution >= 0.6 is 0 Å². The van der Waals surface area contributed by atoms with E-state index < -0.39 is 0 Å². The Morgan fingerprint density at radius 1 is 0.536 bits per heavy atom. The molecule has 0 radical (unpaired) electrons. The molecule has 1 heteroatoms. The highest BCUT2D eigenvalue weighted by Gasteiger charge is 2.03. The molecule has 0 spiro atoms. The van der Waals surface area contributed by atoms with Crippen molar-refractivity contribution < 1.29 is 5.11 Å². The first-order valence-corrected chi connectivity index (χ1v) is 12.4. The molecule has 0 heterocycles. The van der Waals surface area contributed by atoms with Gasteiger partial charge in [0.1, 0.15) is 0 Å². The van der Waals surface area contributed by atoms with Gasteiger partial charge in [0.05, 0.1) is 6.10 Å². The van der Waals surface area contributed by atoms with Crippen LogP contribution in [0.3, 0.4) is 0 Å². The van der Waals surface area contributed by atoms with E-state index in [0.717, 1.165) is 32.1 Å². The maximum Gasteiger partial charge on any atom is 0.0540 e. The molecule has 1 N–H and O–H groups in total. The molecule has 0 amide bonds. The first kappa shape index (κ1) is 27.2. The molecule has 0 fully saturated rings. The van der Waals surface area contributed by atoms with Gasteiger partial charge in [-0.3, -0.25) is 0 Å². The average molecular weight is 391 g/mol. The van der Waals surface area contributed by atoms with Gasteiger partial charge in [-0.25, -0.2) is 0 Å². The molecule has 0 saturated heterocycles. The molecule has 0 bridgehead atoms. The van der Waals surface area contributed by atoms with Crippen molar-refractivity contribution in [3.05, 3.63) is 36.5 Å². The topological polar surface area (TPSA) is 20.2 Å². The molecule has 0 aromatic rings. The van der Waals surface area contributed by atoms with Gasteiger partial charge in [-0.2, -0.15) is 0 Å². The van der Waals surface area contributed by atoms with Crippen LogP contribution < -0.4 is 0 Å². The number of aliphatic hydroxyl groups is 1. The molecular weight excluding hydrogens is 340 g/mol. The fourth-order valence-electron chi connectivity index (χ4n) is 3.48. The number of hydrogen-bond donors (Lipinski definition) is 1. The first-order valence-electron chi connectivity index (χ1n) is 12.4. The summed E-state index contributed by atoms with van der Waals surface area (Å²) in [6.07, 6.45) is 35.8. The number of rotatable bonds is 21. The molecule has 0 rings (SSSR count). The minimum Gasteiger partial charge on any atom is -0.393 e. The molecule has 0 aliphatic carbocycles. The summed E-state index contributed by atoms with van der Waals surface area (Å²) >= 11 is 0. The lowest BCUT2D eigenvalue weighted by Crippen LogP contribution is -2.05. The van der Waals surface area contributed by atoms with E-state index in [-0.39, 0.29) is 6.10 Å². The van der Waals surface area contributed by atoms with Crippen molar-refractivity contribution >= 4 is 0 Å². The van der Waals surface area contributed by atoms with Crippen LogP contribution in [0.15, 0.2) is 36.5 Å². The molecule has 0 aliphatic rings. The highest BCUT2D eigenvalue weighted by Crippen LogP contribution is 2.14. The van der Waals surface area contributed by atoms with Crippen LogP contribution in [-0.4, -0.2) is 11.2 Å². The summed E-state index contributed by atoms with van der Waals surface area (Å²) in [5.41, 5.74) is 0. The Balaban J connectivity index is 3.27. The van der Waals surface area contributed by atoms with Gasteiger partial charge in [-0.05, 0) is 44.9 Å². The molecule has 0 aromatic carbocycles. The van der Waals surface area contributed by atoms with Crippen molar-refractivity contribution in [2.75, 3.05) is 0 Å². The Kier molecular flexibility index (Phi) is 23.5. The SMILES string of the molecule is CC/C=C\C/C=C\C/C=C\CCCCCCCC(O)CCCCCCCCC. The Bertz CT molecular complexity index is 366. The van der Waals surface area contributed by atoms with Gasteiger partial charge < -0.3 is 5.11 Å². The lowest BCUT2D eigenvalue weighted by atomic mass is 10.0. The van der Waals surface area contributed by atoms with Crippen molar-refractivity contribution in [3.63, 3.8) is 0 Å². The van der Waals surface area contributed by atoms with Crippen LogP contribution in [0.5, 0.6) is 0 Å². The Hall–Kier alpha value is -0.820. The van der Waals surface area contributed by atoms with Crippen LogP contribution in [0, 0.1) is 0 Å². The molecular formula is C27H50O. The molecule has 164 valence electrons. The number of unbranched alkanes of at least 4 members (excludes halogenated alkanes) is 11. The molecule has 1 nitrogen and oxygen atoms in total. The standard InChI is InChI=1S/C27H50O/c1-3-5-7-9-11-12-13-14-15-16-17-18-20-22-24-26-27(28)25-23-21-19-10-8-6-4-2/h5,7,11-12,14-15,27-28H,3-4,6,8-10,13,16-26H2,1-2H3/b7-5-,12-11-,15-14-. The normalized spacial score (nSPS) is 13.4. The third-order valence-electron chi connectivity index (χ3n) is 5.33. The van der Waals surface area contributed by atoms with Crippen LogP contribution in [0.4, 0.5) is 0 Å². The third kappa shape index (κ3) is 23.2. The van der Waals surface area contributed by atoms with E-state index in [1.807, 2.05) is 0 Å². The summed E-state index contributed by atoms with van der Waals surface area (Å²) in [5.74, 6) is 0. The Morgan fingerprint density at radius 3 is 1.57 bits per heavy atom. The van der Waals surface area contributed by atoms with Crippen molar-refractivity contribution in [3.8, 4) is 0 Å². The third-order valence-corrected chi connectivity index (χ3v) is 5.33. The molecule has 28 heavy (non-hydrogen) atoms. The van der Waals surface area contributed by atoms with Crippen molar-refractivity contribution in [1.82, 2.24) is 0 Å². The lowest BCUT2D eigenvalue weighted by Gasteiger charge is -2.10. The zero-order valence-corrected chi connectivity index (χ0v) is 19.2. The second-order valence-electron chi connectivity index (χ2n) is 8.20. The van der Waals surface area contributed by atoms with Crippen LogP contribution in [0.2, 0.25) is 0 Å². The van der Waals surface area contributed by atoms with E-state index in [4.69, 9.17) is 0 Å². The Morgan fingerprint density at radius 2 is 1.00 bits per heavy atom. The molecule has 1 unspecified atom stereocenters. The van der Waals surface area contributed by atoms with Crippen LogP contribution in [0.25, 0.3) is 0 Å². The fraction of sp³-hybridized carbons (Fsp3) is 0.778. The Labute approximate surface area is 177 Å². The van der Waals surface area contributed by atoms with E-state index >= 15 is 0 Å². The van der Waals surface area contributed by atoms with Gasteiger partial charge >= 0.3 is 0 Å². The fourth-order valence-corrected chi connectivity index (χ4v) is 3.48. The highest BCUT2D eigenvalue weighted by molar-refractivity contribution is 4.96. The number of aliphatic hydroxyl groups excluding tert-OH is 1. The zero-order valence-electron chi connectivity index (χ0n) is 19.2. The minimum atomic E-state index is -0.0518. The van der Waals surface area contributed by atoms with E-state index in [1.54, 1.807) is 0 Å². The summed E-state index contributed by atoms with van der Waals surface area (Å²) in [5, 5.41) is 10.1. The molecule has 0 saturated carbocycles. The predicted molar refractivity (Wildman–Crippen MR) is 128 cm³/mol.